The molecule has 0 fully saturated rings. The molecule has 7 heteroatoms. The molecule has 0 atom stereocenters. The van der Waals surface area contributed by atoms with E-state index in [0.29, 0.717) is 19.7 Å². The minimum absolute atomic E-state index is 0. The van der Waals surface area contributed by atoms with Gasteiger partial charge in [-0.05, 0) is 18.2 Å². The second kappa shape index (κ2) is 9.97. The lowest BCUT2D eigenvalue weighted by atomic mass is 10.2. The van der Waals surface area contributed by atoms with Gasteiger partial charge in [-0.2, -0.15) is 0 Å². The summed E-state index contributed by atoms with van der Waals surface area (Å²) in [5.74, 6) is -0.772. The monoisotopic (exact) mass is 310 g/mol. The molecule has 0 aliphatic heterocycles. The first kappa shape index (κ1) is 18.1. The van der Waals surface area contributed by atoms with E-state index in [0.717, 1.165) is 12.6 Å². The van der Waals surface area contributed by atoms with Crippen molar-refractivity contribution in [3.8, 4) is 0 Å². The zero-order valence-electron chi connectivity index (χ0n) is 10.5. The van der Waals surface area contributed by atoms with E-state index in [1.807, 2.05) is 0 Å². The third kappa shape index (κ3) is 6.73. The van der Waals surface area contributed by atoms with Gasteiger partial charge in [0.2, 0.25) is 0 Å². The van der Waals surface area contributed by atoms with Crippen LogP contribution in [-0.4, -0.2) is 39.3 Å². The maximum atomic E-state index is 12.8. The molecule has 1 aromatic carbocycles. The highest BCUT2D eigenvalue weighted by molar-refractivity contribution is 6.33. The van der Waals surface area contributed by atoms with Gasteiger partial charge in [0.15, 0.2) is 0 Å². The number of ether oxygens (including phenoxy) is 1. The molecule has 0 bridgehead atoms. The second-order valence-corrected chi connectivity index (χ2v) is 4.03. The number of hydrogen-bond donors (Lipinski definition) is 2. The lowest BCUT2D eigenvalue weighted by molar-refractivity contribution is 0.0954. The van der Waals surface area contributed by atoms with E-state index in [2.05, 4.69) is 10.6 Å². The molecule has 2 N–H and O–H groups in total. The molecule has 0 spiro atoms. The van der Waals surface area contributed by atoms with Crippen LogP contribution in [0, 0.1) is 5.82 Å². The SMILES string of the molecule is COCCNCCNC(=O)c1ccc(F)cc1Cl.Cl. The second-order valence-electron chi connectivity index (χ2n) is 3.62. The molecule has 0 aromatic heterocycles. The molecule has 108 valence electrons. The number of carbonyl (C=O) groups excluding carboxylic acids is 1. The number of benzene rings is 1. The van der Waals surface area contributed by atoms with Crippen LogP contribution in [0.3, 0.4) is 0 Å². The summed E-state index contributed by atoms with van der Waals surface area (Å²) < 4.78 is 17.7. The third-order valence-electron chi connectivity index (χ3n) is 2.25. The average Bonchev–Trinajstić information content (AvgIpc) is 2.33. The van der Waals surface area contributed by atoms with Gasteiger partial charge >= 0.3 is 0 Å². The van der Waals surface area contributed by atoms with Gasteiger partial charge in [0.05, 0.1) is 17.2 Å². The van der Waals surface area contributed by atoms with Crippen LogP contribution < -0.4 is 10.6 Å². The Hall–Kier alpha value is -0.880. The van der Waals surface area contributed by atoms with E-state index in [-0.39, 0.29) is 28.9 Å². The number of halogens is 3. The van der Waals surface area contributed by atoms with Crippen molar-refractivity contribution in [2.24, 2.45) is 0 Å². The number of amides is 1. The standard InChI is InChI=1S/C12H16ClFN2O2.ClH/c1-18-7-6-15-4-5-16-12(17)10-3-2-9(14)8-11(10)13;/h2-3,8,15H,4-7H2,1H3,(H,16,17);1H. The van der Waals surface area contributed by atoms with Crippen LogP contribution in [0.4, 0.5) is 4.39 Å². The predicted octanol–water partition coefficient (Wildman–Crippen LogP) is 1.87. The van der Waals surface area contributed by atoms with Crippen LogP contribution in [0.1, 0.15) is 10.4 Å². The lowest BCUT2D eigenvalue weighted by Gasteiger charge is -2.07. The van der Waals surface area contributed by atoms with Crippen LogP contribution >= 0.6 is 24.0 Å². The Labute approximate surface area is 123 Å². The highest BCUT2D eigenvalue weighted by Crippen LogP contribution is 2.16. The van der Waals surface area contributed by atoms with Crippen LogP contribution in [0.25, 0.3) is 0 Å². The first-order valence-electron chi connectivity index (χ1n) is 5.58. The lowest BCUT2D eigenvalue weighted by Crippen LogP contribution is -2.33. The Morgan fingerprint density at radius 1 is 1.37 bits per heavy atom. The molecule has 0 aliphatic rings. The van der Waals surface area contributed by atoms with E-state index in [4.69, 9.17) is 16.3 Å². The van der Waals surface area contributed by atoms with Gasteiger partial charge in [0.25, 0.3) is 5.91 Å². The predicted molar refractivity (Wildman–Crippen MR) is 75.7 cm³/mol. The van der Waals surface area contributed by atoms with E-state index >= 15 is 0 Å². The first-order valence-corrected chi connectivity index (χ1v) is 5.96. The smallest absolute Gasteiger partial charge is 0.252 e. The van der Waals surface area contributed by atoms with Crippen molar-refractivity contribution in [3.63, 3.8) is 0 Å². The Morgan fingerprint density at radius 3 is 2.74 bits per heavy atom. The van der Waals surface area contributed by atoms with Crippen molar-refractivity contribution in [1.29, 1.82) is 0 Å². The van der Waals surface area contributed by atoms with E-state index in [1.54, 1.807) is 7.11 Å². The minimum atomic E-state index is -0.460. The van der Waals surface area contributed by atoms with E-state index in [9.17, 15) is 9.18 Å². The van der Waals surface area contributed by atoms with Crippen molar-refractivity contribution < 1.29 is 13.9 Å². The Kier molecular flexibility index (Phi) is 9.51. The molecule has 0 aliphatic carbocycles. The topological polar surface area (TPSA) is 50.4 Å². The molecule has 1 aromatic rings. The number of methoxy groups -OCH3 is 1. The summed E-state index contributed by atoms with van der Waals surface area (Å²) in [4.78, 5) is 11.7. The fourth-order valence-corrected chi connectivity index (χ4v) is 1.59. The molecular formula is C12H17Cl2FN2O2. The quantitative estimate of drug-likeness (QED) is 0.756. The highest BCUT2D eigenvalue weighted by Gasteiger charge is 2.09. The first-order chi connectivity index (χ1) is 8.65. The van der Waals surface area contributed by atoms with Crippen LogP contribution in [-0.2, 0) is 4.74 Å². The molecule has 19 heavy (non-hydrogen) atoms. The van der Waals surface area contributed by atoms with Gasteiger partial charge in [0, 0.05) is 26.7 Å². The van der Waals surface area contributed by atoms with Crippen LogP contribution in [0.5, 0.6) is 0 Å². The van der Waals surface area contributed by atoms with Crippen LogP contribution in [0.15, 0.2) is 18.2 Å². The van der Waals surface area contributed by atoms with Crippen molar-refractivity contribution in [2.75, 3.05) is 33.4 Å². The number of rotatable bonds is 7. The highest BCUT2D eigenvalue weighted by atomic mass is 35.5. The molecule has 0 saturated carbocycles. The Bertz CT molecular complexity index is 405. The summed E-state index contributed by atoms with van der Waals surface area (Å²) in [6.45, 7) is 2.45. The molecular weight excluding hydrogens is 294 g/mol. The molecule has 1 amide bonds. The van der Waals surface area contributed by atoms with Crippen molar-refractivity contribution in [2.45, 2.75) is 0 Å². The molecule has 0 heterocycles. The molecule has 0 saturated heterocycles. The number of hydrogen-bond acceptors (Lipinski definition) is 3. The summed E-state index contributed by atoms with van der Waals surface area (Å²) in [5.41, 5.74) is 0.273. The fourth-order valence-electron chi connectivity index (χ4n) is 1.33. The molecule has 1 rings (SSSR count). The Morgan fingerprint density at radius 2 is 2.11 bits per heavy atom. The van der Waals surface area contributed by atoms with Gasteiger partial charge in [-0.25, -0.2) is 4.39 Å². The molecule has 0 radical (unpaired) electrons. The number of nitrogens with one attached hydrogen (secondary N) is 2. The zero-order valence-corrected chi connectivity index (χ0v) is 12.1. The molecule has 4 nitrogen and oxygen atoms in total. The van der Waals surface area contributed by atoms with Crippen molar-refractivity contribution in [3.05, 3.63) is 34.6 Å². The minimum Gasteiger partial charge on any atom is -0.383 e. The van der Waals surface area contributed by atoms with Gasteiger partial charge in [0.1, 0.15) is 5.82 Å². The number of carbonyl (C=O) groups is 1. The summed E-state index contributed by atoms with van der Waals surface area (Å²) in [6.07, 6.45) is 0. The van der Waals surface area contributed by atoms with Crippen molar-refractivity contribution >= 4 is 29.9 Å². The summed E-state index contributed by atoms with van der Waals surface area (Å²) in [6, 6.07) is 3.69. The van der Waals surface area contributed by atoms with Crippen molar-refractivity contribution in [1.82, 2.24) is 10.6 Å². The maximum Gasteiger partial charge on any atom is 0.252 e. The molecule has 0 unspecified atom stereocenters. The summed E-state index contributed by atoms with van der Waals surface area (Å²) in [5, 5.41) is 5.88. The third-order valence-corrected chi connectivity index (χ3v) is 2.56. The summed E-state index contributed by atoms with van der Waals surface area (Å²) in [7, 11) is 1.62. The van der Waals surface area contributed by atoms with Gasteiger partial charge < -0.3 is 15.4 Å². The van der Waals surface area contributed by atoms with Gasteiger partial charge in [-0.1, -0.05) is 11.6 Å². The van der Waals surface area contributed by atoms with Gasteiger partial charge in [-0.15, -0.1) is 12.4 Å². The normalized spacial score (nSPS) is 9.84. The zero-order chi connectivity index (χ0) is 13.4. The Balaban J connectivity index is 0.00000324. The van der Waals surface area contributed by atoms with Crippen LogP contribution in [0.2, 0.25) is 5.02 Å². The largest absolute Gasteiger partial charge is 0.383 e. The average molecular weight is 311 g/mol. The fraction of sp³-hybridized carbons (Fsp3) is 0.417. The van der Waals surface area contributed by atoms with Gasteiger partial charge in [-0.3, -0.25) is 4.79 Å². The van der Waals surface area contributed by atoms with E-state index < -0.39 is 5.82 Å². The maximum absolute atomic E-state index is 12.8. The summed E-state index contributed by atoms with van der Waals surface area (Å²) >= 11 is 5.77. The van der Waals surface area contributed by atoms with E-state index in [1.165, 1.54) is 12.1 Å².